The summed E-state index contributed by atoms with van der Waals surface area (Å²) in [6.07, 6.45) is 9.79. The minimum Gasteiger partial charge on any atom is -0.508 e. The Labute approximate surface area is 144 Å². The molecule has 0 aliphatic carbocycles. The molecule has 3 N–H and O–H groups in total. The normalized spacial score (nSPS) is 12.2. The fourth-order valence-corrected chi connectivity index (χ4v) is 2.86. The van der Waals surface area contributed by atoms with Crippen molar-refractivity contribution in [2.75, 3.05) is 7.11 Å². The van der Waals surface area contributed by atoms with Gasteiger partial charge in [0.15, 0.2) is 0 Å². The van der Waals surface area contributed by atoms with Gasteiger partial charge in [-0.25, -0.2) is 4.79 Å². The lowest BCUT2D eigenvalue weighted by Gasteiger charge is -2.09. The van der Waals surface area contributed by atoms with Crippen LogP contribution in [0.5, 0.6) is 11.5 Å². The van der Waals surface area contributed by atoms with Crippen molar-refractivity contribution in [3.63, 3.8) is 0 Å². The molecule has 5 heteroatoms. The van der Waals surface area contributed by atoms with E-state index in [4.69, 9.17) is 9.84 Å². The molecule has 0 aliphatic heterocycles. The second-order valence-electron chi connectivity index (χ2n) is 6.36. The van der Waals surface area contributed by atoms with E-state index in [1.165, 1.54) is 31.7 Å². The fraction of sp³-hybridized carbons (Fsp3) is 0.632. The van der Waals surface area contributed by atoms with Gasteiger partial charge in [-0.2, -0.15) is 0 Å². The lowest BCUT2D eigenvalue weighted by molar-refractivity contribution is 0.0692. The van der Waals surface area contributed by atoms with Crippen molar-refractivity contribution in [2.45, 2.75) is 70.8 Å². The molecule has 0 saturated heterocycles. The molecule has 1 rings (SSSR count). The molecular formula is C19H30O5. The average molecular weight is 338 g/mol. The third-order valence-electron chi connectivity index (χ3n) is 4.36. The summed E-state index contributed by atoms with van der Waals surface area (Å²) in [4.78, 5) is 11.2. The van der Waals surface area contributed by atoms with E-state index in [9.17, 15) is 15.0 Å². The molecule has 5 nitrogen and oxygen atoms in total. The van der Waals surface area contributed by atoms with E-state index < -0.39 is 5.97 Å². The Hall–Kier alpha value is -1.75. The van der Waals surface area contributed by atoms with E-state index in [1.807, 2.05) is 0 Å². The molecule has 1 atom stereocenters. The lowest BCUT2D eigenvalue weighted by Crippen LogP contribution is -2.03. The van der Waals surface area contributed by atoms with Gasteiger partial charge in [-0.3, -0.25) is 0 Å². The number of aryl methyl sites for hydroxylation is 1. The molecule has 0 radical (unpaired) electrons. The van der Waals surface area contributed by atoms with Gasteiger partial charge >= 0.3 is 5.97 Å². The number of unbranched alkanes of at least 4 members (excludes halogenated alkanes) is 6. The van der Waals surface area contributed by atoms with Crippen molar-refractivity contribution in [3.05, 3.63) is 23.3 Å². The Morgan fingerprint density at radius 1 is 1.04 bits per heavy atom. The van der Waals surface area contributed by atoms with Crippen LogP contribution in [0.15, 0.2) is 12.1 Å². The highest BCUT2D eigenvalue weighted by molar-refractivity contribution is 5.92. The van der Waals surface area contributed by atoms with Crippen LogP contribution < -0.4 is 0 Å². The van der Waals surface area contributed by atoms with Crippen LogP contribution in [-0.4, -0.2) is 34.5 Å². The Morgan fingerprint density at radius 2 is 1.62 bits per heavy atom. The summed E-state index contributed by atoms with van der Waals surface area (Å²) < 4.78 is 5.22. The first-order valence-corrected chi connectivity index (χ1v) is 8.76. The summed E-state index contributed by atoms with van der Waals surface area (Å²) in [6.45, 7) is 2.09. The standard InChI is InChI=1S/C19H30O5/c1-14(24-2)10-8-6-4-3-5-7-9-11-15-12-16(20)13-17(21)18(15)19(22)23/h12-14,20-21H,3-11H2,1-2H3,(H,22,23)/t14-/m0/s1. The second-order valence-corrected chi connectivity index (χ2v) is 6.36. The number of rotatable bonds is 12. The number of aromatic carboxylic acids is 1. The summed E-state index contributed by atoms with van der Waals surface area (Å²) >= 11 is 0. The number of benzene rings is 1. The lowest BCUT2D eigenvalue weighted by atomic mass is 9.99. The van der Waals surface area contributed by atoms with Crippen molar-refractivity contribution < 1.29 is 24.9 Å². The molecule has 0 fully saturated rings. The number of carboxylic acid groups (broad SMARTS) is 1. The van der Waals surface area contributed by atoms with Gasteiger partial charge in [0.2, 0.25) is 0 Å². The zero-order valence-electron chi connectivity index (χ0n) is 14.8. The van der Waals surface area contributed by atoms with Gasteiger partial charge in [-0.15, -0.1) is 0 Å². The van der Waals surface area contributed by atoms with Crippen LogP contribution in [0, 0.1) is 0 Å². The van der Waals surface area contributed by atoms with Crippen molar-refractivity contribution in [1.82, 2.24) is 0 Å². The van der Waals surface area contributed by atoms with Crippen LogP contribution in [-0.2, 0) is 11.2 Å². The average Bonchev–Trinajstić information content (AvgIpc) is 2.51. The number of carbonyl (C=O) groups is 1. The van der Waals surface area contributed by atoms with E-state index >= 15 is 0 Å². The smallest absolute Gasteiger partial charge is 0.339 e. The fourth-order valence-electron chi connectivity index (χ4n) is 2.86. The molecule has 24 heavy (non-hydrogen) atoms. The molecule has 0 unspecified atom stereocenters. The molecule has 0 bridgehead atoms. The predicted octanol–water partition coefficient (Wildman–Crippen LogP) is 4.49. The molecule has 0 spiro atoms. The monoisotopic (exact) mass is 338 g/mol. The maximum atomic E-state index is 11.2. The number of carboxylic acids is 1. The van der Waals surface area contributed by atoms with E-state index in [0.717, 1.165) is 31.7 Å². The van der Waals surface area contributed by atoms with Crippen molar-refractivity contribution in [2.24, 2.45) is 0 Å². The SMILES string of the molecule is CO[C@@H](C)CCCCCCCCCc1cc(O)cc(O)c1C(=O)O. The highest BCUT2D eigenvalue weighted by Crippen LogP contribution is 2.28. The third kappa shape index (κ3) is 7.21. The number of phenolic OH excluding ortho intramolecular Hbond substituents is 1. The molecular weight excluding hydrogens is 308 g/mol. The number of hydrogen-bond acceptors (Lipinski definition) is 4. The predicted molar refractivity (Wildman–Crippen MR) is 93.8 cm³/mol. The van der Waals surface area contributed by atoms with Crippen LogP contribution >= 0.6 is 0 Å². The molecule has 0 aliphatic rings. The molecule has 0 aromatic heterocycles. The number of phenols is 2. The number of ether oxygens (including phenoxy) is 1. The highest BCUT2D eigenvalue weighted by atomic mass is 16.5. The zero-order chi connectivity index (χ0) is 17.9. The molecule has 136 valence electrons. The summed E-state index contributed by atoms with van der Waals surface area (Å²) in [5.74, 6) is -1.63. The largest absolute Gasteiger partial charge is 0.508 e. The first kappa shape index (κ1) is 20.3. The van der Waals surface area contributed by atoms with Crippen LogP contribution in [0.2, 0.25) is 0 Å². The van der Waals surface area contributed by atoms with Gasteiger partial charge < -0.3 is 20.1 Å². The summed E-state index contributed by atoms with van der Waals surface area (Å²) in [5.41, 5.74) is 0.397. The first-order chi connectivity index (χ1) is 11.5. The van der Waals surface area contributed by atoms with Gasteiger partial charge in [-0.1, -0.05) is 38.5 Å². The topological polar surface area (TPSA) is 87.0 Å². The molecule has 1 aromatic rings. The number of hydrogen-bond donors (Lipinski definition) is 3. The Bertz CT molecular complexity index is 513. The maximum absolute atomic E-state index is 11.2. The van der Waals surface area contributed by atoms with E-state index in [1.54, 1.807) is 7.11 Å². The molecule has 1 aromatic carbocycles. The summed E-state index contributed by atoms with van der Waals surface area (Å²) in [6, 6.07) is 2.50. The van der Waals surface area contributed by atoms with E-state index in [-0.39, 0.29) is 17.1 Å². The molecule has 0 saturated carbocycles. The van der Waals surface area contributed by atoms with Crippen LogP contribution in [0.4, 0.5) is 0 Å². The van der Waals surface area contributed by atoms with Gasteiger partial charge in [0, 0.05) is 13.2 Å². The minimum atomic E-state index is -1.16. The van der Waals surface area contributed by atoms with Gasteiger partial charge in [0.25, 0.3) is 0 Å². The summed E-state index contributed by atoms with van der Waals surface area (Å²) in [7, 11) is 1.74. The van der Waals surface area contributed by atoms with Crippen LogP contribution in [0.25, 0.3) is 0 Å². The van der Waals surface area contributed by atoms with Gasteiger partial charge in [-0.05, 0) is 37.8 Å². The maximum Gasteiger partial charge on any atom is 0.339 e. The first-order valence-electron chi connectivity index (χ1n) is 8.76. The highest BCUT2D eigenvalue weighted by Gasteiger charge is 2.16. The summed E-state index contributed by atoms with van der Waals surface area (Å²) in [5, 5.41) is 28.4. The van der Waals surface area contributed by atoms with E-state index in [0.29, 0.717) is 18.1 Å². The Kier molecular flexibility index (Phi) is 9.23. The van der Waals surface area contributed by atoms with E-state index in [2.05, 4.69) is 6.92 Å². The quantitative estimate of drug-likeness (QED) is 0.489. The van der Waals surface area contributed by atoms with Crippen LogP contribution in [0.1, 0.15) is 74.2 Å². The third-order valence-corrected chi connectivity index (χ3v) is 4.36. The molecule has 0 amide bonds. The Morgan fingerprint density at radius 3 is 2.21 bits per heavy atom. The van der Waals surface area contributed by atoms with Gasteiger partial charge in [0.05, 0.1) is 6.10 Å². The zero-order valence-corrected chi connectivity index (χ0v) is 14.8. The second kappa shape index (κ2) is 10.9. The Balaban J connectivity index is 2.23. The van der Waals surface area contributed by atoms with Crippen molar-refractivity contribution in [3.8, 4) is 11.5 Å². The van der Waals surface area contributed by atoms with Crippen molar-refractivity contribution in [1.29, 1.82) is 0 Å². The molecule has 0 heterocycles. The van der Waals surface area contributed by atoms with Crippen LogP contribution in [0.3, 0.4) is 0 Å². The number of methoxy groups -OCH3 is 1. The van der Waals surface area contributed by atoms with Gasteiger partial charge in [0.1, 0.15) is 17.1 Å². The van der Waals surface area contributed by atoms with Crippen molar-refractivity contribution >= 4 is 5.97 Å². The number of aromatic hydroxyl groups is 2. The minimum absolute atomic E-state index is 0.0972.